The second-order valence-electron chi connectivity index (χ2n) is 8.00. The van der Waals surface area contributed by atoms with Gasteiger partial charge >= 0.3 is 0 Å². The van der Waals surface area contributed by atoms with Gasteiger partial charge in [-0.25, -0.2) is 4.98 Å². The molecule has 0 fully saturated rings. The number of thioether (sulfide) groups is 1. The summed E-state index contributed by atoms with van der Waals surface area (Å²) in [5.41, 5.74) is 2.59. The smallest absolute Gasteiger partial charge is 0.257 e. The first-order valence-electron chi connectivity index (χ1n) is 9.18. The molecule has 1 aliphatic carbocycles. The Balaban J connectivity index is 1.95. The van der Waals surface area contributed by atoms with E-state index in [1.165, 1.54) is 11.8 Å². The number of hydrogen-bond acceptors (Lipinski definition) is 6. The van der Waals surface area contributed by atoms with E-state index in [1.54, 1.807) is 7.11 Å². The summed E-state index contributed by atoms with van der Waals surface area (Å²) >= 11 is 1.38. The molecule has 7 heteroatoms. The predicted octanol–water partition coefficient (Wildman–Crippen LogP) is 3.70. The molecule has 28 heavy (non-hydrogen) atoms. The molecule has 2 heterocycles. The summed E-state index contributed by atoms with van der Waals surface area (Å²) in [5.74, 6) is 0.914. The van der Waals surface area contributed by atoms with Gasteiger partial charge in [-0.3, -0.25) is 9.59 Å². The van der Waals surface area contributed by atoms with Crippen molar-refractivity contribution in [3.8, 4) is 5.75 Å². The number of ketones is 1. The zero-order chi connectivity index (χ0) is 20.1. The molecule has 0 unspecified atom stereocenters. The van der Waals surface area contributed by atoms with E-state index < -0.39 is 5.92 Å². The molecular formula is C21H23N3O3S. The second-order valence-corrected chi connectivity index (χ2v) is 8.80. The number of aromatic nitrogens is 2. The number of hydrogen-bond donors (Lipinski definition) is 2. The van der Waals surface area contributed by atoms with Crippen LogP contribution in [-0.2, 0) is 4.79 Å². The lowest BCUT2D eigenvalue weighted by molar-refractivity contribution is -0.118. The molecule has 0 spiro atoms. The first-order valence-corrected chi connectivity index (χ1v) is 10.4. The van der Waals surface area contributed by atoms with E-state index in [-0.39, 0.29) is 16.8 Å². The van der Waals surface area contributed by atoms with Gasteiger partial charge in [0.15, 0.2) is 10.9 Å². The highest BCUT2D eigenvalue weighted by Crippen LogP contribution is 2.47. The largest absolute Gasteiger partial charge is 0.497 e. The van der Waals surface area contributed by atoms with Crippen LogP contribution >= 0.6 is 11.8 Å². The zero-order valence-corrected chi connectivity index (χ0v) is 17.2. The number of Topliss-reactive ketones (excluding diaryl/α,β-unsaturated/α-hetero) is 1. The maximum Gasteiger partial charge on any atom is 0.257 e. The van der Waals surface area contributed by atoms with Crippen LogP contribution in [0.2, 0.25) is 0 Å². The van der Waals surface area contributed by atoms with Crippen molar-refractivity contribution in [2.45, 2.75) is 37.8 Å². The van der Waals surface area contributed by atoms with Crippen molar-refractivity contribution in [2.75, 3.05) is 18.7 Å². The Morgan fingerprint density at radius 3 is 2.54 bits per heavy atom. The highest BCUT2D eigenvalue weighted by molar-refractivity contribution is 7.98. The Morgan fingerprint density at radius 1 is 1.18 bits per heavy atom. The Kier molecular flexibility index (Phi) is 4.57. The lowest BCUT2D eigenvalue weighted by atomic mass is 9.69. The van der Waals surface area contributed by atoms with Crippen molar-refractivity contribution in [1.82, 2.24) is 9.97 Å². The fraction of sp³-hybridized carbons (Fsp3) is 0.381. The standard InChI is InChI=1S/C21H23N3O3S/c1-21(2)9-13-16(14(25)10-21)15(11-5-7-12(27-3)8-6-11)17-18(22-13)23-20(28-4)24-19(17)26/h5-8,15H,9-10H2,1-4H3,(H2,22,23,24,26)/t15-/m0/s1. The Hall–Kier alpha value is -2.54. The summed E-state index contributed by atoms with van der Waals surface area (Å²) in [4.78, 5) is 33.5. The van der Waals surface area contributed by atoms with Gasteiger partial charge in [-0.05, 0) is 35.8 Å². The molecule has 0 amide bonds. The third-order valence-electron chi connectivity index (χ3n) is 5.34. The van der Waals surface area contributed by atoms with Gasteiger partial charge in [0, 0.05) is 23.6 Å². The monoisotopic (exact) mass is 397 g/mol. The van der Waals surface area contributed by atoms with Gasteiger partial charge in [0.2, 0.25) is 0 Å². The van der Waals surface area contributed by atoms with Crippen LogP contribution in [0.4, 0.5) is 5.82 Å². The van der Waals surface area contributed by atoms with Crippen LogP contribution in [0.3, 0.4) is 0 Å². The second kappa shape index (κ2) is 6.81. The van der Waals surface area contributed by atoms with Crippen molar-refractivity contribution in [3.05, 3.63) is 57.0 Å². The van der Waals surface area contributed by atoms with E-state index >= 15 is 0 Å². The first-order chi connectivity index (χ1) is 13.3. The molecule has 1 aromatic heterocycles. The van der Waals surface area contributed by atoms with Crippen LogP contribution in [0.15, 0.2) is 45.5 Å². The summed E-state index contributed by atoms with van der Waals surface area (Å²) in [6, 6.07) is 7.54. The lowest BCUT2D eigenvalue weighted by Gasteiger charge is -2.38. The number of anilines is 1. The molecule has 2 aliphatic rings. The van der Waals surface area contributed by atoms with Gasteiger partial charge in [-0.1, -0.05) is 37.7 Å². The molecule has 6 nitrogen and oxygen atoms in total. The minimum absolute atomic E-state index is 0.0820. The van der Waals surface area contributed by atoms with Crippen molar-refractivity contribution in [3.63, 3.8) is 0 Å². The van der Waals surface area contributed by atoms with E-state index in [9.17, 15) is 9.59 Å². The lowest BCUT2D eigenvalue weighted by Crippen LogP contribution is -2.37. The topological polar surface area (TPSA) is 84.1 Å². The number of ether oxygens (including phenoxy) is 1. The number of carbonyl (C=O) groups is 1. The fourth-order valence-corrected chi connectivity index (χ4v) is 4.50. The number of nitrogens with one attached hydrogen (secondary N) is 2. The Bertz CT molecular complexity index is 1040. The number of allylic oxidation sites excluding steroid dienone is 2. The average Bonchev–Trinajstić information content (AvgIpc) is 2.65. The van der Waals surface area contributed by atoms with Crippen LogP contribution in [-0.4, -0.2) is 29.1 Å². The SMILES string of the molecule is COc1ccc([C@H]2C3=C(CC(C)(C)CC3=O)Nc3nc(SC)[nH]c(=O)c32)cc1. The molecule has 0 saturated heterocycles. The number of fused-ring (bicyclic) bond motifs is 1. The van der Waals surface area contributed by atoms with Crippen molar-refractivity contribution in [2.24, 2.45) is 5.41 Å². The zero-order valence-electron chi connectivity index (χ0n) is 16.4. The molecule has 4 rings (SSSR count). The molecule has 1 atom stereocenters. The summed E-state index contributed by atoms with van der Waals surface area (Å²) in [7, 11) is 1.61. The van der Waals surface area contributed by atoms with Crippen LogP contribution in [0.25, 0.3) is 0 Å². The van der Waals surface area contributed by atoms with Crippen molar-refractivity contribution in [1.29, 1.82) is 0 Å². The Labute approximate surface area is 167 Å². The van der Waals surface area contributed by atoms with Crippen molar-refractivity contribution >= 4 is 23.4 Å². The van der Waals surface area contributed by atoms with Crippen LogP contribution in [0.1, 0.15) is 43.7 Å². The summed E-state index contributed by atoms with van der Waals surface area (Å²) in [5, 5.41) is 3.86. The minimum Gasteiger partial charge on any atom is -0.497 e. The summed E-state index contributed by atoms with van der Waals surface area (Å²) in [6.07, 6.45) is 3.07. The quantitative estimate of drug-likeness (QED) is 0.607. The van der Waals surface area contributed by atoms with Crippen LogP contribution in [0.5, 0.6) is 5.75 Å². The molecule has 0 radical (unpaired) electrons. The van der Waals surface area contributed by atoms with Gasteiger partial charge in [0.05, 0.1) is 12.7 Å². The molecule has 2 N–H and O–H groups in total. The normalized spacial score (nSPS) is 20.3. The number of rotatable bonds is 3. The molecular weight excluding hydrogens is 374 g/mol. The molecule has 0 bridgehead atoms. The molecule has 1 aliphatic heterocycles. The number of H-pyrrole nitrogens is 1. The van der Waals surface area contributed by atoms with Crippen LogP contribution < -0.4 is 15.6 Å². The highest BCUT2D eigenvalue weighted by Gasteiger charge is 2.42. The number of methoxy groups -OCH3 is 1. The van der Waals surface area contributed by atoms with Gasteiger partial charge in [-0.2, -0.15) is 0 Å². The van der Waals surface area contributed by atoms with Gasteiger partial charge < -0.3 is 15.0 Å². The van der Waals surface area contributed by atoms with Crippen molar-refractivity contribution < 1.29 is 9.53 Å². The van der Waals surface area contributed by atoms with Crippen LogP contribution in [0, 0.1) is 5.41 Å². The molecule has 2 aromatic rings. The van der Waals surface area contributed by atoms with Gasteiger partial charge in [0.25, 0.3) is 5.56 Å². The first kappa shape index (κ1) is 18.8. The maximum atomic E-state index is 13.1. The highest BCUT2D eigenvalue weighted by atomic mass is 32.2. The predicted molar refractivity (Wildman–Crippen MR) is 110 cm³/mol. The van der Waals surface area contributed by atoms with E-state index in [4.69, 9.17) is 4.74 Å². The summed E-state index contributed by atoms with van der Waals surface area (Å²) < 4.78 is 5.26. The number of carbonyl (C=O) groups excluding carboxylic acids is 1. The molecule has 0 saturated carbocycles. The average molecular weight is 398 g/mol. The van der Waals surface area contributed by atoms with E-state index in [2.05, 4.69) is 29.1 Å². The fourth-order valence-electron chi connectivity index (χ4n) is 4.12. The van der Waals surface area contributed by atoms with Gasteiger partial charge in [-0.15, -0.1) is 0 Å². The number of benzene rings is 1. The Morgan fingerprint density at radius 2 is 1.89 bits per heavy atom. The van der Waals surface area contributed by atoms with E-state index in [0.29, 0.717) is 28.5 Å². The van der Waals surface area contributed by atoms with E-state index in [0.717, 1.165) is 23.4 Å². The molecule has 146 valence electrons. The minimum atomic E-state index is -0.437. The number of aromatic amines is 1. The third kappa shape index (κ3) is 3.13. The number of nitrogens with zero attached hydrogens (tertiary/aromatic N) is 1. The van der Waals surface area contributed by atoms with Gasteiger partial charge in [0.1, 0.15) is 11.6 Å². The third-order valence-corrected chi connectivity index (χ3v) is 5.92. The van der Waals surface area contributed by atoms with E-state index in [1.807, 2.05) is 30.5 Å². The molecule has 1 aromatic carbocycles. The summed E-state index contributed by atoms with van der Waals surface area (Å²) in [6.45, 7) is 4.18. The maximum absolute atomic E-state index is 13.1.